The summed E-state index contributed by atoms with van der Waals surface area (Å²) in [6.45, 7) is 4.15. The molecule has 0 aromatic heterocycles. The second-order valence-electron chi connectivity index (χ2n) is 5.86. The van der Waals surface area contributed by atoms with E-state index in [2.05, 4.69) is 12.2 Å². The number of fused-ring (bicyclic) bond motifs is 1. The number of carbonyl (C=O) groups excluding carboxylic acids is 2. The van der Waals surface area contributed by atoms with Crippen LogP contribution in [-0.4, -0.2) is 36.4 Å². The molecule has 1 saturated heterocycles. The summed E-state index contributed by atoms with van der Waals surface area (Å²) >= 11 is 0. The van der Waals surface area contributed by atoms with Crippen LogP contribution in [0, 0.1) is 5.92 Å². The Bertz CT molecular complexity index is 571. The van der Waals surface area contributed by atoms with Crippen LogP contribution in [0.3, 0.4) is 0 Å². The van der Waals surface area contributed by atoms with Gasteiger partial charge >= 0.3 is 0 Å². The second-order valence-corrected chi connectivity index (χ2v) is 5.86. The summed E-state index contributed by atoms with van der Waals surface area (Å²) < 4.78 is 5.51. The van der Waals surface area contributed by atoms with Crippen LogP contribution >= 0.6 is 0 Å². The third-order valence-electron chi connectivity index (χ3n) is 4.03. The fourth-order valence-electron chi connectivity index (χ4n) is 2.91. The molecule has 5 nitrogen and oxygen atoms in total. The van der Waals surface area contributed by atoms with E-state index in [1.54, 1.807) is 18.2 Å². The van der Waals surface area contributed by atoms with Crippen molar-refractivity contribution in [1.29, 1.82) is 0 Å². The van der Waals surface area contributed by atoms with Crippen LogP contribution in [-0.2, 0) is 4.79 Å². The molecule has 0 spiro atoms. The number of nitrogens with one attached hydrogen (secondary N) is 1. The lowest BCUT2D eigenvalue weighted by molar-refractivity contribution is -0.116. The van der Waals surface area contributed by atoms with Crippen LogP contribution in [0.5, 0.6) is 5.75 Å². The molecule has 21 heavy (non-hydrogen) atoms. The summed E-state index contributed by atoms with van der Waals surface area (Å²) in [4.78, 5) is 26.1. The summed E-state index contributed by atoms with van der Waals surface area (Å²) in [5.74, 6) is 1.13. The van der Waals surface area contributed by atoms with Crippen molar-refractivity contribution in [1.82, 2.24) is 4.90 Å². The predicted octanol–water partition coefficient (Wildman–Crippen LogP) is 2.28. The molecule has 0 bridgehead atoms. The number of anilines is 1. The highest BCUT2D eigenvalue weighted by atomic mass is 16.5. The van der Waals surface area contributed by atoms with Crippen molar-refractivity contribution in [3.63, 3.8) is 0 Å². The highest BCUT2D eigenvalue weighted by Crippen LogP contribution is 2.29. The van der Waals surface area contributed by atoms with E-state index in [9.17, 15) is 9.59 Å². The maximum absolute atomic E-state index is 12.6. The smallest absolute Gasteiger partial charge is 0.253 e. The van der Waals surface area contributed by atoms with Gasteiger partial charge in [-0.1, -0.05) is 6.92 Å². The topological polar surface area (TPSA) is 58.6 Å². The van der Waals surface area contributed by atoms with Crippen LogP contribution in [0.4, 0.5) is 5.69 Å². The van der Waals surface area contributed by atoms with E-state index >= 15 is 0 Å². The molecule has 1 atom stereocenters. The molecule has 0 saturated carbocycles. The van der Waals surface area contributed by atoms with E-state index in [-0.39, 0.29) is 11.8 Å². The molecule has 1 unspecified atom stereocenters. The van der Waals surface area contributed by atoms with E-state index < -0.39 is 0 Å². The van der Waals surface area contributed by atoms with Crippen LogP contribution in [0.2, 0.25) is 0 Å². The van der Waals surface area contributed by atoms with E-state index in [4.69, 9.17) is 4.74 Å². The Morgan fingerprint density at radius 1 is 1.43 bits per heavy atom. The summed E-state index contributed by atoms with van der Waals surface area (Å²) in [6, 6.07) is 5.26. The lowest BCUT2D eigenvalue weighted by atomic mass is 9.99. The Balaban J connectivity index is 1.82. The Morgan fingerprint density at radius 3 is 3.10 bits per heavy atom. The molecular formula is C16H20N2O3. The number of piperidine rings is 1. The molecule has 2 aliphatic rings. The molecule has 2 aliphatic heterocycles. The molecule has 1 fully saturated rings. The van der Waals surface area contributed by atoms with Gasteiger partial charge < -0.3 is 15.0 Å². The van der Waals surface area contributed by atoms with Gasteiger partial charge in [0.2, 0.25) is 5.91 Å². The van der Waals surface area contributed by atoms with Gasteiger partial charge in [0.25, 0.3) is 5.91 Å². The third-order valence-corrected chi connectivity index (χ3v) is 4.03. The van der Waals surface area contributed by atoms with Crippen molar-refractivity contribution in [2.24, 2.45) is 5.92 Å². The van der Waals surface area contributed by atoms with Crippen molar-refractivity contribution in [2.45, 2.75) is 26.2 Å². The molecule has 2 amide bonds. The lowest BCUT2D eigenvalue weighted by Crippen LogP contribution is -2.39. The highest BCUT2D eigenvalue weighted by molar-refractivity contribution is 5.98. The van der Waals surface area contributed by atoms with Crippen molar-refractivity contribution < 1.29 is 14.3 Å². The Kier molecular flexibility index (Phi) is 3.82. The molecule has 1 aromatic rings. The average Bonchev–Trinajstić information content (AvgIpc) is 2.66. The van der Waals surface area contributed by atoms with E-state index in [1.165, 1.54) is 6.42 Å². The molecule has 112 valence electrons. The molecule has 0 radical (unpaired) electrons. The zero-order chi connectivity index (χ0) is 14.8. The molecule has 5 heteroatoms. The van der Waals surface area contributed by atoms with Crippen molar-refractivity contribution in [3.8, 4) is 5.75 Å². The largest absolute Gasteiger partial charge is 0.491 e. The fourth-order valence-corrected chi connectivity index (χ4v) is 2.91. The zero-order valence-electron chi connectivity index (χ0n) is 12.2. The van der Waals surface area contributed by atoms with Gasteiger partial charge in [-0.25, -0.2) is 0 Å². The molecule has 3 rings (SSSR count). The maximum atomic E-state index is 12.6. The quantitative estimate of drug-likeness (QED) is 0.862. The summed E-state index contributed by atoms with van der Waals surface area (Å²) in [5, 5.41) is 2.79. The number of ether oxygens (including phenoxy) is 1. The van der Waals surface area contributed by atoms with Gasteiger partial charge in [-0.3, -0.25) is 9.59 Å². The van der Waals surface area contributed by atoms with Crippen molar-refractivity contribution >= 4 is 17.5 Å². The monoisotopic (exact) mass is 288 g/mol. The lowest BCUT2D eigenvalue weighted by Gasteiger charge is -2.31. The van der Waals surface area contributed by atoms with E-state index in [0.29, 0.717) is 35.9 Å². The van der Waals surface area contributed by atoms with E-state index in [1.807, 2.05) is 4.90 Å². The van der Waals surface area contributed by atoms with Gasteiger partial charge in [0, 0.05) is 18.7 Å². The number of likely N-dealkylation sites (tertiary alicyclic amines) is 1. The molecule has 0 aliphatic carbocycles. The van der Waals surface area contributed by atoms with Gasteiger partial charge in [-0.2, -0.15) is 0 Å². The number of amides is 2. The van der Waals surface area contributed by atoms with Crippen molar-refractivity contribution in [3.05, 3.63) is 23.8 Å². The van der Waals surface area contributed by atoms with Crippen LogP contribution < -0.4 is 10.1 Å². The van der Waals surface area contributed by atoms with Crippen LogP contribution in [0.1, 0.15) is 36.5 Å². The first-order valence-electron chi connectivity index (χ1n) is 7.49. The van der Waals surface area contributed by atoms with Crippen LogP contribution in [0.25, 0.3) is 0 Å². The number of benzene rings is 1. The minimum absolute atomic E-state index is 0.0304. The van der Waals surface area contributed by atoms with Gasteiger partial charge in [0.1, 0.15) is 5.75 Å². The van der Waals surface area contributed by atoms with Gasteiger partial charge in [0.05, 0.1) is 18.7 Å². The van der Waals surface area contributed by atoms with Gasteiger partial charge in [-0.05, 0) is 37.0 Å². The summed E-state index contributed by atoms with van der Waals surface area (Å²) in [6.07, 6.45) is 2.57. The van der Waals surface area contributed by atoms with Crippen molar-refractivity contribution in [2.75, 3.05) is 25.0 Å². The van der Waals surface area contributed by atoms with E-state index in [0.717, 1.165) is 19.5 Å². The summed E-state index contributed by atoms with van der Waals surface area (Å²) in [7, 11) is 0. The van der Waals surface area contributed by atoms with Gasteiger partial charge in [0.15, 0.2) is 0 Å². The first-order chi connectivity index (χ1) is 10.1. The maximum Gasteiger partial charge on any atom is 0.253 e. The standard InChI is InChI=1S/C16H20N2O3/c1-11-3-2-7-18(10-11)16(20)12-4-5-14-13(9-12)17-15(19)6-8-21-14/h4-5,9,11H,2-3,6-8,10H2,1H3,(H,17,19). The third kappa shape index (κ3) is 3.01. The average molecular weight is 288 g/mol. The minimum Gasteiger partial charge on any atom is -0.491 e. The SMILES string of the molecule is CC1CCCN(C(=O)c2ccc3c(c2)NC(=O)CCO3)C1. The molecule has 2 heterocycles. The molecule has 1 aromatic carbocycles. The normalized spacial score (nSPS) is 21.9. The Hall–Kier alpha value is -2.04. The Labute approximate surface area is 124 Å². The predicted molar refractivity (Wildman–Crippen MR) is 79.5 cm³/mol. The second kappa shape index (κ2) is 5.76. The Morgan fingerprint density at radius 2 is 2.29 bits per heavy atom. The first kappa shape index (κ1) is 13.9. The number of nitrogens with zero attached hydrogens (tertiary/aromatic N) is 1. The van der Waals surface area contributed by atoms with Gasteiger partial charge in [-0.15, -0.1) is 0 Å². The van der Waals surface area contributed by atoms with Crippen LogP contribution in [0.15, 0.2) is 18.2 Å². The zero-order valence-corrected chi connectivity index (χ0v) is 12.2. The summed E-state index contributed by atoms with van der Waals surface area (Å²) in [5.41, 5.74) is 1.20. The number of hydrogen-bond acceptors (Lipinski definition) is 3. The molecule has 1 N–H and O–H groups in total. The fraction of sp³-hybridized carbons (Fsp3) is 0.500. The highest BCUT2D eigenvalue weighted by Gasteiger charge is 2.23. The first-order valence-corrected chi connectivity index (χ1v) is 7.49. The number of rotatable bonds is 1. The molecular weight excluding hydrogens is 268 g/mol. The minimum atomic E-state index is -0.0788. The number of hydrogen-bond donors (Lipinski definition) is 1. The number of carbonyl (C=O) groups is 2.